The number of nitrogens with one attached hydrogen (secondary N) is 2. The van der Waals surface area contributed by atoms with Crippen LogP contribution in [0.4, 0.5) is 14.9 Å². The van der Waals surface area contributed by atoms with Crippen LogP contribution in [0.2, 0.25) is 0 Å². The van der Waals surface area contributed by atoms with Gasteiger partial charge in [-0.05, 0) is 45.0 Å². The number of carboxylic acids is 1. The highest BCUT2D eigenvalue weighted by molar-refractivity contribution is 5.90. The van der Waals surface area contributed by atoms with Crippen LogP contribution < -0.4 is 10.6 Å². The summed E-state index contributed by atoms with van der Waals surface area (Å²) in [5, 5.41) is 27.1. The number of rotatable bonds is 5. The maximum absolute atomic E-state index is 14.3. The Balaban J connectivity index is 2.07. The smallest absolute Gasteiger partial charge is 0.337 e. The molecule has 1 aromatic heterocycles. The molecule has 0 aliphatic carbocycles. The normalized spacial score (nSPS) is 13.2. The highest BCUT2D eigenvalue weighted by atomic mass is 19.1. The number of halogens is 1. The average Bonchev–Trinajstić information content (AvgIpc) is 2.84. The fraction of sp³-hybridized carbons (Fsp3) is 0.312. The molecule has 0 saturated carbocycles. The van der Waals surface area contributed by atoms with E-state index in [1.165, 1.54) is 16.8 Å². The van der Waals surface area contributed by atoms with Crippen molar-refractivity contribution in [2.45, 2.75) is 26.4 Å². The van der Waals surface area contributed by atoms with Gasteiger partial charge in [-0.15, -0.1) is 0 Å². The van der Waals surface area contributed by atoms with E-state index in [4.69, 9.17) is 5.11 Å². The van der Waals surface area contributed by atoms with Crippen molar-refractivity contribution in [2.24, 2.45) is 0 Å². The van der Waals surface area contributed by atoms with Crippen molar-refractivity contribution >= 4 is 17.7 Å². The lowest BCUT2D eigenvalue weighted by atomic mass is 10.1. The summed E-state index contributed by atoms with van der Waals surface area (Å²) < 4.78 is 15.8. The van der Waals surface area contributed by atoms with Gasteiger partial charge in [-0.2, -0.15) is 5.10 Å². The molecule has 0 bridgehead atoms. The molecular formula is C16H19FN4O4. The first kappa shape index (κ1) is 18.4. The van der Waals surface area contributed by atoms with Crippen molar-refractivity contribution in [1.82, 2.24) is 15.1 Å². The molecular weight excluding hydrogens is 331 g/mol. The van der Waals surface area contributed by atoms with Crippen molar-refractivity contribution in [1.29, 1.82) is 0 Å². The summed E-state index contributed by atoms with van der Waals surface area (Å²) in [7, 11) is 0. The molecule has 2 amide bonds. The molecule has 0 aliphatic rings. The number of hydrogen-bond acceptors (Lipinski definition) is 4. The third-order valence-electron chi connectivity index (χ3n) is 3.50. The lowest BCUT2D eigenvalue weighted by Crippen LogP contribution is -2.47. The number of carbonyl (C=O) groups excluding carboxylic acids is 1. The second-order valence-electron chi connectivity index (χ2n) is 5.89. The van der Waals surface area contributed by atoms with Crippen LogP contribution >= 0.6 is 0 Å². The lowest BCUT2D eigenvalue weighted by Gasteiger charge is -2.18. The maximum atomic E-state index is 14.3. The molecule has 1 aromatic carbocycles. The van der Waals surface area contributed by atoms with Crippen LogP contribution in [0, 0.1) is 19.7 Å². The Hall–Kier alpha value is -2.94. The van der Waals surface area contributed by atoms with E-state index in [1.807, 2.05) is 6.07 Å². The number of nitrogens with zero attached hydrogens (tertiary/aromatic N) is 2. The molecule has 134 valence electrons. The van der Waals surface area contributed by atoms with E-state index in [9.17, 15) is 19.1 Å². The standard InChI is InChI=1S/C16H19FN4O4/c1-9-6-10(2)21(20-9)13-5-4-11(7-12(13)17)19-15(24)18-8-16(3,25)14(22)23/h4-7,25H,8H2,1-3H3,(H,22,23)(H2,18,19,24). The summed E-state index contributed by atoms with van der Waals surface area (Å²) in [6, 6.07) is 5.13. The van der Waals surface area contributed by atoms with Crippen molar-refractivity contribution in [3.8, 4) is 5.69 Å². The number of aromatic nitrogens is 2. The van der Waals surface area contributed by atoms with Crippen LogP contribution in [-0.2, 0) is 4.79 Å². The Morgan fingerprint density at radius 3 is 2.52 bits per heavy atom. The molecule has 2 aromatic rings. The first-order valence-electron chi connectivity index (χ1n) is 7.44. The number of carbonyl (C=O) groups is 2. The molecule has 0 radical (unpaired) electrons. The van der Waals surface area contributed by atoms with Crippen LogP contribution in [0.3, 0.4) is 0 Å². The molecule has 0 spiro atoms. The van der Waals surface area contributed by atoms with E-state index in [1.54, 1.807) is 13.8 Å². The Bertz CT molecular complexity index is 816. The Morgan fingerprint density at radius 1 is 1.32 bits per heavy atom. The first-order chi connectivity index (χ1) is 11.6. The van der Waals surface area contributed by atoms with Gasteiger partial charge in [0.05, 0.1) is 12.2 Å². The van der Waals surface area contributed by atoms with Gasteiger partial charge in [-0.25, -0.2) is 18.7 Å². The predicted molar refractivity (Wildman–Crippen MR) is 88.3 cm³/mol. The van der Waals surface area contributed by atoms with E-state index in [0.717, 1.165) is 24.4 Å². The van der Waals surface area contributed by atoms with Crippen LogP contribution in [-0.4, -0.2) is 44.1 Å². The van der Waals surface area contributed by atoms with E-state index < -0.39 is 30.0 Å². The number of anilines is 1. The lowest BCUT2D eigenvalue weighted by molar-refractivity contribution is -0.155. The first-order valence-corrected chi connectivity index (χ1v) is 7.44. The summed E-state index contributed by atoms with van der Waals surface area (Å²) in [6.45, 7) is 4.15. The van der Waals surface area contributed by atoms with Crippen molar-refractivity contribution < 1.29 is 24.2 Å². The summed E-state index contributed by atoms with van der Waals surface area (Å²) in [5.41, 5.74) is -0.155. The zero-order chi connectivity index (χ0) is 18.8. The second kappa shape index (κ2) is 6.89. The molecule has 0 fully saturated rings. The molecule has 9 heteroatoms. The van der Waals surface area contributed by atoms with Crippen LogP contribution in [0.25, 0.3) is 5.69 Å². The molecule has 1 heterocycles. The molecule has 1 atom stereocenters. The van der Waals surface area contributed by atoms with Gasteiger partial charge in [0.15, 0.2) is 11.4 Å². The third-order valence-corrected chi connectivity index (χ3v) is 3.50. The van der Waals surface area contributed by atoms with Crippen molar-refractivity contribution in [3.63, 3.8) is 0 Å². The number of hydrogen-bond donors (Lipinski definition) is 4. The molecule has 0 aliphatic heterocycles. The molecule has 4 N–H and O–H groups in total. The summed E-state index contributed by atoms with van der Waals surface area (Å²) in [5.74, 6) is -2.05. The van der Waals surface area contributed by atoms with Gasteiger partial charge < -0.3 is 20.8 Å². The van der Waals surface area contributed by atoms with Crippen LogP contribution in [0.15, 0.2) is 24.3 Å². The Morgan fingerprint density at radius 2 is 2.00 bits per heavy atom. The quantitative estimate of drug-likeness (QED) is 0.653. The predicted octanol–water partition coefficient (Wildman–Crippen LogP) is 1.59. The molecule has 1 unspecified atom stereocenters. The number of amides is 2. The highest BCUT2D eigenvalue weighted by Gasteiger charge is 2.30. The number of aliphatic hydroxyl groups is 1. The number of aliphatic carboxylic acids is 1. The fourth-order valence-electron chi connectivity index (χ4n) is 2.13. The second-order valence-corrected chi connectivity index (χ2v) is 5.89. The zero-order valence-corrected chi connectivity index (χ0v) is 14.0. The van der Waals surface area contributed by atoms with E-state index in [-0.39, 0.29) is 11.4 Å². The largest absolute Gasteiger partial charge is 0.479 e. The van der Waals surface area contributed by atoms with Crippen molar-refractivity contribution in [2.75, 3.05) is 11.9 Å². The topological polar surface area (TPSA) is 116 Å². The van der Waals surface area contributed by atoms with Gasteiger partial charge in [0, 0.05) is 11.4 Å². The monoisotopic (exact) mass is 350 g/mol. The van der Waals surface area contributed by atoms with Gasteiger partial charge in [-0.3, -0.25) is 0 Å². The van der Waals surface area contributed by atoms with Gasteiger partial charge in [0.2, 0.25) is 0 Å². The minimum Gasteiger partial charge on any atom is -0.479 e. The SMILES string of the molecule is Cc1cc(C)n(-c2ccc(NC(=O)NCC(C)(O)C(=O)O)cc2F)n1. The molecule has 0 saturated heterocycles. The zero-order valence-electron chi connectivity index (χ0n) is 14.0. The molecule has 25 heavy (non-hydrogen) atoms. The summed E-state index contributed by atoms with van der Waals surface area (Å²) in [6.07, 6.45) is 0. The van der Waals surface area contributed by atoms with Gasteiger partial charge in [-0.1, -0.05) is 0 Å². The maximum Gasteiger partial charge on any atom is 0.337 e. The Labute approximate surface area is 143 Å². The molecule has 2 rings (SSSR count). The fourth-order valence-corrected chi connectivity index (χ4v) is 2.13. The number of benzene rings is 1. The highest BCUT2D eigenvalue weighted by Crippen LogP contribution is 2.20. The van der Waals surface area contributed by atoms with Gasteiger partial charge in [0.1, 0.15) is 5.69 Å². The number of aryl methyl sites for hydroxylation is 2. The van der Waals surface area contributed by atoms with E-state index >= 15 is 0 Å². The van der Waals surface area contributed by atoms with Gasteiger partial charge in [0.25, 0.3) is 0 Å². The van der Waals surface area contributed by atoms with E-state index in [0.29, 0.717) is 0 Å². The minimum atomic E-state index is -2.10. The van der Waals surface area contributed by atoms with E-state index in [2.05, 4.69) is 15.7 Å². The van der Waals surface area contributed by atoms with Crippen LogP contribution in [0.1, 0.15) is 18.3 Å². The summed E-state index contributed by atoms with van der Waals surface area (Å²) >= 11 is 0. The molecule has 8 nitrogen and oxygen atoms in total. The van der Waals surface area contributed by atoms with Crippen molar-refractivity contribution in [3.05, 3.63) is 41.5 Å². The number of carboxylic acid groups (broad SMARTS) is 1. The third kappa shape index (κ3) is 4.32. The van der Waals surface area contributed by atoms with Crippen LogP contribution in [0.5, 0.6) is 0 Å². The minimum absolute atomic E-state index is 0.176. The summed E-state index contributed by atoms with van der Waals surface area (Å²) in [4.78, 5) is 22.5. The average molecular weight is 350 g/mol. The number of urea groups is 1. The Kier molecular flexibility index (Phi) is 5.07. The van der Waals surface area contributed by atoms with Gasteiger partial charge >= 0.3 is 12.0 Å².